The molecule has 1 N–H and O–H groups in total. The number of hydrogen-bond donors (Lipinski definition) is 1. The lowest BCUT2D eigenvalue weighted by atomic mass is 10.2. The molecule has 0 aliphatic heterocycles. The molecule has 1 aromatic carbocycles. The summed E-state index contributed by atoms with van der Waals surface area (Å²) in [5, 5.41) is 2.79. The SMILES string of the molecule is CC(C)c1nc(/C=C/c2cn(-c3ccccc3)[nH]c2=O)co1.Cl. The minimum absolute atomic E-state index is 0. The molecule has 0 unspecified atom stereocenters. The molecule has 0 aliphatic rings. The quantitative estimate of drug-likeness (QED) is 0.789. The number of H-pyrrole nitrogens is 1. The van der Waals surface area contributed by atoms with Gasteiger partial charge in [0.15, 0.2) is 5.89 Å². The number of para-hydroxylation sites is 1. The number of aromatic nitrogens is 3. The van der Waals surface area contributed by atoms with Gasteiger partial charge < -0.3 is 4.42 Å². The molecule has 5 nitrogen and oxygen atoms in total. The van der Waals surface area contributed by atoms with E-state index < -0.39 is 0 Å². The van der Waals surface area contributed by atoms with Crippen LogP contribution in [0, 0.1) is 0 Å². The smallest absolute Gasteiger partial charge is 0.271 e. The van der Waals surface area contributed by atoms with Gasteiger partial charge in [0.25, 0.3) is 5.56 Å². The summed E-state index contributed by atoms with van der Waals surface area (Å²) in [7, 11) is 0. The molecule has 6 heteroatoms. The summed E-state index contributed by atoms with van der Waals surface area (Å²) in [6, 6.07) is 9.63. The van der Waals surface area contributed by atoms with Crippen LogP contribution in [0.25, 0.3) is 17.8 Å². The molecule has 0 saturated carbocycles. The molecule has 0 radical (unpaired) electrons. The van der Waals surface area contributed by atoms with E-state index in [9.17, 15) is 4.79 Å². The predicted octanol–water partition coefficient (Wildman–Crippen LogP) is 3.87. The van der Waals surface area contributed by atoms with Crippen molar-refractivity contribution in [2.45, 2.75) is 19.8 Å². The number of hydrogen-bond acceptors (Lipinski definition) is 3. The van der Waals surface area contributed by atoms with Crippen molar-refractivity contribution in [3.05, 3.63) is 70.3 Å². The van der Waals surface area contributed by atoms with Gasteiger partial charge in [-0.15, -0.1) is 12.4 Å². The van der Waals surface area contributed by atoms with E-state index in [0.29, 0.717) is 17.1 Å². The minimum atomic E-state index is -0.146. The third kappa shape index (κ3) is 3.81. The van der Waals surface area contributed by atoms with E-state index in [0.717, 1.165) is 5.69 Å². The van der Waals surface area contributed by atoms with Crippen molar-refractivity contribution in [3.8, 4) is 5.69 Å². The van der Waals surface area contributed by atoms with Gasteiger partial charge in [0, 0.05) is 12.1 Å². The number of nitrogens with zero attached hydrogens (tertiary/aromatic N) is 2. The summed E-state index contributed by atoms with van der Waals surface area (Å²) >= 11 is 0. The molecule has 0 saturated heterocycles. The third-order valence-electron chi connectivity index (χ3n) is 3.25. The Labute approximate surface area is 140 Å². The number of nitrogens with one attached hydrogen (secondary N) is 1. The normalized spacial score (nSPS) is 11.1. The summed E-state index contributed by atoms with van der Waals surface area (Å²) < 4.78 is 7.06. The molecule has 120 valence electrons. The Balaban J connectivity index is 0.00000192. The molecule has 2 heterocycles. The Morgan fingerprint density at radius 1 is 1.22 bits per heavy atom. The summed E-state index contributed by atoms with van der Waals surface area (Å²) in [5.41, 5.74) is 2.03. The van der Waals surface area contributed by atoms with Crippen LogP contribution >= 0.6 is 12.4 Å². The zero-order chi connectivity index (χ0) is 15.5. The fraction of sp³-hybridized carbons (Fsp3) is 0.176. The molecular weight excluding hydrogens is 314 g/mol. The Hall–Kier alpha value is -2.53. The van der Waals surface area contributed by atoms with Gasteiger partial charge in [0.05, 0.1) is 11.3 Å². The highest BCUT2D eigenvalue weighted by Crippen LogP contribution is 2.14. The van der Waals surface area contributed by atoms with Gasteiger partial charge in [0.2, 0.25) is 0 Å². The molecule has 3 rings (SSSR count). The van der Waals surface area contributed by atoms with Crippen LogP contribution in [0.3, 0.4) is 0 Å². The first-order valence-corrected chi connectivity index (χ1v) is 7.14. The fourth-order valence-electron chi connectivity index (χ4n) is 2.07. The van der Waals surface area contributed by atoms with E-state index in [1.165, 1.54) is 0 Å². The molecule has 0 amide bonds. The number of benzene rings is 1. The van der Waals surface area contributed by atoms with Gasteiger partial charge in [-0.2, -0.15) is 0 Å². The lowest BCUT2D eigenvalue weighted by Crippen LogP contribution is -2.04. The van der Waals surface area contributed by atoms with Crippen molar-refractivity contribution in [1.29, 1.82) is 0 Å². The van der Waals surface area contributed by atoms with E-state index in [4.69, 9.17) is 4.42 Å². The first kappa shape index (κ1) is 16.8. The highest BCUT2D eigenvalue weighted by atomic mass is 35.5. The van der Waals surface area contributed by atoms with Crippen molar-refractivity contribution in [2.75, 3.05) is 0 Å². The highest BCUT2D eigenvalue weighted by Gasteiger charge is 2.06. The summed E-state index contributed by atoms with van der Waals surface area (Å²) in [6.45, 7) is 4.04. The standard InChI is InChI=1S/C17H17N3O2.ClH/c1-12(2)17-18-14(11-22-17)9-8-13-10-20(19-16(13)21)15-6-4-3-5-7-15;/h3-12H,1-2H3,(H,19,21);1H/b9-8+;. The van der Waals surface area contributed by atoms with Crippen molar-refractivity contribution in [3.63, 3.8) is 0 Å². The van der Waals surface area contributed by atoms with Crippen LogP contribution in [0.4, 0.5) is 0 Å². The maximum atomic E-state index is 12.0. The van der Waals surface area contributed by atoms with Crippen LogP contribution in [0.2, 0.25) is 0 Å². The van der Waals surface area contributed by atoms with E-state index in [-0.39, 0.29) is 23.9 Å². The Morgan fingerprint density at radius 3 is 2.61 bits per heavy atom. The molecule has 0 spiro atoms. The average Bonchev–Trinajstić information content (AvgIpc) is 3.13. The van der Waals surface area contributed by atoms with Crippen molar-refractivity contribution in [2.24, 2.45) is 0 Å². The van der Waals surface area contributed by atoms with Crippen LogP contribution in [0.1, 0.15) is 36.9 Å². The van der Waals surface area contributed by atoms with Gasteiger partial charge in [-0.1, -0.05) is 32.0 Å². The number of aromatic amines is 1. The second-order valence-electron chi connectivity index (χ2n) is 5.33. The second-order valence-corrected chi connectivity index (χ2v) is 5.33. The molecule has 0 bridgehead atoms. The van der Waals surface area contributed by atoms with Gasteiger partial charge >= 0.3 is 0 Å². The second kappa shape index (κ2) is 7.15. The zero-order valence-electron chi connectivity index (χ0n) is 12.9. The lowest BCUT2D eigenvalue weighted by molar-refractivity contribution is 0.471. The van der Waals surface area contributed by atoms with E-state index in [1.807, 2.05) is 44.2 Å². The average molecular weight is 332 g/mol. The molecule has 0 atom stereocenters. The van der Waals surface area contributed by atoms with Crippen molar-refractivity contribution >= 4 is 24.6 Å². The van der Waals surface area contributed by atoms with Gasteiger partial charge in [-0.3, -0.25) is 14.6 Å². The zero-order valence-corrected chi connectivity index (χ0v) is 13.7. The van der Waals surface area contributed by atoms with Crippen LogP contribution < -0.4 is 5.56 Å². The molecule has 0 aliphatic carbocycles. The minimum Gasteiger partial charge on any atom is -0.448 e. The van der Waals surface area contributed by atoms with Crippen molar-refractivity contribution < 1.29 is 4.42 Å². The van der Waals surface area contributed by atoms with E-state index in [1.54, 1.807) is 29.3 Å². The maximum absolute atomic E-state index is 12.0. The number of oxazole rings is 1. The van der Waals surface area contributed by atoms with Crippen LogP contribution in [0.5, 0.6) is 0 Å². The van der Waals surface area contributed by atoms with E-state index >= 15 is 0 Å². The summed E-state index contributed by atoms with van der Waals surface area (Å²) in [4.78, 5) is 16.3. The van der Waals surface area contributed by atoms with Gasteiger partial charge in [0.1, 0.15) is 12.0 Å². The first-order chi connectivity index (χ1) is 10.6. The summed E-state index contributed by atoms with van der Waals surface area (Å²) in [5.74, 6) is 0.931. The van der Waals surface area contributed by atoms with Crippen LogP contribution in [-0.4, -0.2) is 14.8 Å². The fourth-order valence-corrected chi connectivity index (χ4v) is 2.07. The largest absolute Gasteiger partial charge is 0.448 e. The molecular formula is C17H18ClN3O2. The van der Waals surface area contributed by atoms with Gasteiger partial charge in [-0.25, -0.2) is 4.98 Å². The van der Waals surface area contributed by atoms with E-state index in [2.05, 4.69) is 10.1 Å². The van der Waals surface area contributed by atoms with Crippen LogP contribution in [-0.2, 0) is 0 Å². The molecule has 3 aromatic rings. The van der Waals surface area contributed by atoms with Gasteiger partial charge in [-0.05, 0) is 24.3 Å². The highest BCUT2D eigenvalue weighted by molar-refractivity contribution is 5.85. The monoisotopic (exact) mass is 331 g/mol. The Morgan fingerprint density at radius 2 is 1.96 bits per heavy atom. The predicted molar refractivity (Wildman–Crippen MR) is 93.2 cm³/mol. The third-order valence-corrected chi connectivity index (χ3v) is 3.25. The van der Waals surface area contributed by atoms with Crippen molar-refractivity contribution in [1.82, 2.24) is 14.8 Å². The summed E-state index contributed by atoms with van der Waals surface area (Å²) in [6.07, 6.45) is 6.86. The number of halogens is 1. The first-order valence-electron chi connectivity index (χ1n) is 7.14. The number of rotatable bonds is 4. The molecule has 23 heavy (non-hydrogen) atoms. The lowest BCUT2D eigenvalue weighted by Gasteiger charge is -1.99. The molecule has 0 fully saturated rings. The maximum Gasteiger partial charge on any atom is 0.271 e. The molecule has 2 aromatic heterocycles. The van der Waals surface area contributed by atoms with Crippen LogP contribution in [0.15, 0.2) is 52.0 Å². The Kier molecular flexibility index (Phi) is 5.24. The Bertz CT molecular complexity index is 844. The topological polar surface area (TPSA) is 63.8 Å².